The Morgan fingerprint density at radius 1 is 1.78 bits per heavy atom. The Balaban J connectivity index is 2.34. The monoisotopic (exact) mass is 191 g/mol. The van der Waals surface area contributed by atoms with Crippen molar-refractivity contribution in [3.05, 3.63) is 0 Å². The van der Waals surface area contributed by atoms with Gasteiger partial charge in [-0.1, -0.05) is 0 Å². The van der Waals surface area contributed by atoms with Crippen LogP contribution in [0.15, 0.2) is 4.99 Å². The van der Waals surface area contributed by atoms with E-state index < -0.39 is 0 Å². The third-order valence-corrected chi connectivity index (χ3v) is 2.19. The maximum atomic E-state index is 4.22. The first-order chi connectivity index (χ1) is 4.34. The van der Waals surface area contributed by atoms with Crippen LogP contribution in [0.4, 0.5) is 0 Å². The quantitative estimate of drug-likeness (QED) is 0.569. The third-order valence-electron chi connectivity index (χ3n) is 1.38. The Morgan fingerprint density at radius 2 is 2.56 bits per heavy atom. The van der Waals surface area contributed by atoms with Gasteiger partial charge in [0.15, 0.2) is 0 Å². The molecule has 0 aliphatic carbocycles. The van der Waals surface area contributed by atoms with E-state index in [0.29, 0.717) is 0 Å². The van der Waals surface area contributed by atoms with Crippen LogP contribution in [-0.2, 0) is 0 Å². The van der Waals surface area contributed by atoms with Gasteiger partial charge < -0.3 is 0 Å². The summed E-state index contributed by atoms with van der Waals surface area (Å²) in [5.74, 6) is 0. The standard InChI is InChI=1S/C6H11N2Se/c1-2-4-8-5-3-7-6(8)9/h2-5H2,1H3. The molecular weight excluding hydrogens is 179 g/mol. The summed E-state index contributed by atoms with van der Waals surface area (Å²) >= 11 is 2.95. The molecule has 51 valence electrons. The molecule has 0 atom stereocenters. The van der Waals surface area contributed by atoms with Gasteiger partial charge in [0.1, 0.15) is 0 Å². The van der Waals surface area contributed by atoms with E-state index in [1.807, 2.05) is 0 Å². The van der Waals surface area contributed by atoms with E-state index in [1.54, 1.807) is 0 Å². The molecule has 0 amide bonds. The zero-order chi connectivity index (χ0) is 6.69. The minimum atomic E-state index is 0.975. The number of rotatable bonds is 2. The number of hydrogen-bond donors (Lipinski definition) is 0. The molecule has 1 aliphatic heterocycles. The zero-order valence-electron chi connectivity index (χ0n) is 5.63. The van der Waals surface area contributed by atoms with Crippen molar-refractivity contribution in [3.8, 4) is 0 Å². The predicted octanol–water partition coefficient (Wildman–Crippen LogP) is 0.237. The fraction of sp³-hybridized carbons (Fsp3) is 0.833. The van der Waals surface area contributed by atoms with Crippen molar-refractivity contribution in [3.63, 3.8) is 0 Å². The zero-order valence-corrected chi connectivity index (χ0v) is 7.34. The van der Waals surface area contributed by atoms with Crippen molar-refractivity contribution >= 4 is 20.7 Å². The molecule has 0 spiro atoms. The molecule has 0 saturated heterocycles. The van der Waals surface area contributed by atoms with Crippen LogP contribution in [0.3, 0.4) is 0 Å². The molecule has 0 bridgehead atoms. The molecule has 0 unspecified atom stereocenters. The first-order valence-corrected chi connectivity index (χ1v) is 4.16. The van der Waals surface area contributed by atoms with Gasteiger partial charge in [0.25, 0.3) is 0 Å². The van der Waals surface area contributed by atoms with Crippen LogP contribution in [-0.4, -0.2) is 45.3 Å². The molecule has 1 radical (unpaired) electrons. The average molecular weight is 190 g/mol. The van der Waals surface area contributed by atoms with E-state index in [0.717, 1.165) is 24.4 Å². The van der Waals surface area contributed by atoms with Crippen molar-refractivity contribution in [1.29, 1.82) is 0 Å². The molecule has 0 saturated carbocycles. The summed E-state index contributed by atoms with van der Waals surface area (Å²) in [4.78, 5) is 6.50. The van der Waals surface area contributed by atoms with Gasteiger partial charge >= 0.3 is 63.6 Å². The number of aliphatic imine (C=N–C) groups is 1. The van der Waals surface area contributed by atoms with Crippen LogP contribution >= 0.6 is 0 Å². The molecule has 1 heterocycles. The van der Waals surface area contributed by atoms with E-state index in [9.17, 15) is 0 Å². The van der Waals surface area contributed by atoms with Gasteiger partial charge in [-0.2, -0.15) is 0 Å². The van der Waals surface area contributed by atoms with Crippen molar-refractivity contribution in [1.82, 2.24) is 4.90 Å². The SMILES string of the molecule is CCCN1CCN=C1[Se]. The summed E-state index contributed by atoms with van der Waals surface area (Å²) in [6, 6.07) is 0. The Morgan fingerprint density at radius 3 is 3.00 bits per heavy atom. The molecule has 0 aromatic rings. The Kier molecular flexibility index (Phi) is 2.55. The fourth-order valence-electron chi connectivity index (χ4n) is 0.939. The fourth-order valence-corrected chi connectivity index (χ4v) is 1.51. The van der Waals surface area contributed by atoms with E-state index in [4.69, 9.17) is 0 Å². The summed E-state index contributed by atoms with van der Waals surface area (Å²) in [6.07, 6.45) is 1.21. The number of nitrogens with zero attached hydrogens (tertiary/aromatic N) is 2. The van der Waals surface area contributed by atoms with Crippen LogP contribution in [0.5, 0.6) is 0 Å². The Bertz CT molecular complexity index is 122. The Hall–Kier alpha value is -0.0105. The van der Waals surface area contributed by atoms with Gasteiger partial charge in [0.05, 0.1) is 0 Å². The summed E-state index contributed by atoms with van der Waals surface area (Å²) in [6.45, 7) is 5.41. The topological polar surface area (TPSA) is 15.6 Å². The van der Waals surface area contributed by atoms with E-state index in [2.05, 4.69) is 32.8 Å². The second kappa shape index (κ2) is 3.23. The average Bonchev–Trinajstić information content (AvgIpc) is 2.18. The molecule has 2 nitrogen and oxygen atoms in total. The van der Waals surface area contributed by atoms with Crippen LogP contribution in [0.2, 0.25) is 0 Å². The van der Waals surface area contributed by atoms with Crippen LogP contribution < -0.4 is 0 Å². The molecule has 0 aromatic carbocycles. The van der Waals surface area contributed by atoms with E-state index >= 15 is 0 Å². The molecule has 9 heavy (non-hydrogen) atoms. The molecule has 3 heteroatoms. The first kappa shape index (κ1) is 7.10. The molecule has 1 aliphatic rings. The van der Waals surface area contributed by atoms with Gasteiger partial charge in [0, 0.05) is 0 Å². The van der Waals surface area contributed by atoms with Gasteiger partial charge in [-0.25, -0.2) is 0 Å². The Labute approximate surface area is 64.1 Å². The van der Waals surface area contributed by atoms with Crippen molar-refractivity contribution in [2.75, 3.05) is 19.6 Å². The normalized spacial score (nSPS) is 18.3. The van der Waals surface area contributed by atoms with Gasteiger partial charge in [0.2, 0.25) is 0 Å². The van der Waals surface area contributed by atoms with E-state index in [1.165, 1.54) is 6.42 Å². The number of amidine groups is 1. The molecule has 0 aromatic heterocycles. The van der Waals surface area contributed by atoms with Crippen LogP contribution in [0, 0.1) is 0 Å². The second-order valence-corrected chi connectivity index (χ2v) is 2.92. The van der Waals surface area contributed by atoms with Crippen LogP contribution in [0.25, 0.3) is 0 Å². The summed E-state index contributed by atoms with van der Waals surface area (Å²) in [5.41, 5.74) is 0. The van der Waals surface area contributed by atoms with Gasteiger partial charge in [-0.3, -0.25) is 0 Å². The predicted molar refractivity (Wildman–Crippen MR) is 39.9 cm³/mol. The first-order valence-electron chi connectivity index (χ1n) is 3.31. The van der Waals surface area contributed by atoms with Crippen molar-refractivity contribution in [2.24, 2.45) is 4.99 Å². The molecule has 1 rings (SSSR count). The van der Waals surface area contributed by atoms with Crippen molar-refractivity contribution < 1.29 is 0 Å². The summed E-state index contributed by atoms with van der Waals surface area (Å²) in [7, 11) is 0. The molecule has 0 fully saturated rings. The van der Waals surface area contributed by atoms with Crippen molar-refractivity contribution in [2.45, 2.75) is 13.3 Å². The van der Waals surface area contributed by atoms with Gasteiger partial charge in [-0.15, -0.1) is 0 Å². The molecular formula is C6H11N2Se. The second-order valence-electron chi connectivity index (χ2n) is 2.15. The maximum absolute atomic E-state index is 4.22. The summed E-state index contributed by atoms with van der Waals surface area (Å²) < 4.78 is 1.09. The van der Waals surface area contributed by atoms with E-state index in [-0.39, 0.29) is 0 Å². The summed E-state index contributed by atoms with van der Waals surface area (Å²) in [5, 5.41) is 0. The third kappa shape index (κ3) is 1.70. The van der Waals surface area contributed by atoms with Crippen LogP contribution in [0.1, 0.15) is 13.3 Å². The minimum absolute atomic E-state index is 0.975. The van der Waals surface area contributed by atoms with Gasteiger partial charge in [-0.05, 0) is 0 Å². The number of hydrogen-bond acceptors (Lipinski definition) is 2. The molecule has 0 N–H and O–H groups in total.